The highest BCUT2D eigenvalue weighted by atomic mass is 19.1. The van der Waals surface area contributed by atoms with Crippen molar-refractivity contribution in [2.75, 3.05) is 18.5 Å². The van der Waals surface area contributed by atoms with Crippen LogP contribution in [0.5, 0.6) is 11.5 Å². The third-order valence-electron chi connectivity index (χ3n) is 5.22. The Balaban J connectivity index is 1.53. The van der Waals surface area contributed by atoms with Crippen molar-refractivity contribution in [2.45, 2.75) is 12.5 Å². The molecule has 9 heteroatoms. The Bertz CT molecular complexity index is 1200. The highest BCUT2D eigenvalue weighted by Gasteiger charge is 2.31. The number of hydrogen-bond acceptors (Lipinski definition) is 7. The summed E-state index contributed by atoms with van der Waals surface area (Å²) in [4.78, 5) is 3.98. The van der Waals surface area contributed by atoms with Crippen molar-refractivity contribution in [3.8, 4) is 22.8 Å². The molecule has 0 saturated heterocycles. The van der Waals surface area contributed by atoms with Crippen molar-refractivity contribution in [1.29, 1.82) is 0 Å². The second-order valence-corrected chi connectivity index (χ2v) is 6.77. The Morgan fingerprint density at radius 2 is 2.07 bits per heavy atom. The van der Waals surface area contributed by atoms with E-state index in [1.807, 2.05) is 6.07 Å². The van der Waals surface area contributed by atoms with Gasteiger partial charge >= 0.3 is 0 Å². The van der Waals surface area contributed by atoms with E-state index in [1.165, 1.54) is 12.5 Å². The number of halogens is 1. The number of benzene rings is 1. The van der Waals surface area contributed by atoms with Gasteiger partial charge in [0, 0.05) is 17.7 Å². The van der Waals surface area contributed by atoms with Gasteiger partial charge in [-0.15, -0.1) is 10.2 Å². The normalized spacial score (nSPS) is 17.5. The summed E-state index contributed by atoms with van der Waals surface area (Å²) in [6.07, 6.45) is 4.56. The molecule has 0 fully saturated rings. The van der Waals surface area contributed by atoms with E-state index in [9.17, 15) is 4.39 Å². The Labute approximate surface area is 157 Å². The fourth-order valence-electron chi connectivity index (χ4n) is 3.91. The van der Waals surface area contributed by atoms with Gasteiger partial charge in [-0.2, -0.15) is 0 Å². The van der Waals surface area contributed by atoms with E-state index in [2.05, 4.69) is 20.5 Å². The van der Waals surface area contributed by atoms with Crippen molar-refractivity contribution < 1.29 is 18.3 Å². The Hall–Kier alpha value is -3.62. The summed E-state index contributed by atoms with van der Waals surface area (Å²) in [5.41, 5.74) is 2.77. The summed E-state index contributed by atoms with van der Waals surface area (Å²) < 4.78 is 33.7. The average molecular weight is 379 g/mol. The number of nitrogens with one attached hydrogen (secondary N) is 1. The summed E-state index contributed by atoms with van der Waals surface area (Å²) in [5.74, 6) is 2.23. The van der Waals surface area contributed by atoms with Crippen molar-refractivity contribution in [1.82, 2.24) is 19.6 Å². The van der Waals surface area contributed by atoms with E-state index in [-0.39, 0.29) is 11.7 Å². The van der Waals surface area contributed by atoms with Crippen molar-refractivity contribution >= 4 is 11.5 Å². The molecule has 0 aliphatic carbocycles. The molecule has 5 heterocycles. The van der Waals surface area contributed by atoms with E-state index in [0.717, 1.165) is 11.3 Å². The largest absolute Gasteiger partial charge is 0.493 e. The topological polar surface area (TPSA) is 86.7 Å². The van der Waals surface area contributed by atoms with Gasteiger partial charge in [-0.3, -0.25) is 4.40 Å². The molecule has 0 spiro atoms. The number of anilines is 1. The molecule has 0 bridgehead atoms. The molecule has 4 aromatic rings. The third-order valence-corrected chi connectivity index (χ3v) is 5.22. The number of ether oxygens (including phenoxy) is 2. The Kier molecular flexibility index (Phi) is 3.14. The highest BCUT2D eigenvalue weighted by Crippen LogP contribution is 2.41. The zero-order chi connectivity index (χ0) is 18.7. The number of oxazole rings is 1. The lowest BCUT2D eigenvalue weighted by molar-refractivity contribution is 0.249. The Morgan fingerprint density at radius 3 is 2.93 bits per heavy atom. The molecule has 28 heavy (non-hydrogen) atoms. The van der Waals surface area contributed by atoms with Gasteiger partial charge in [0.1, 0.15) is 17.9 Å². The smallest absolute Gasteiger partial charge is 0.181 e. The van der Waals surface area contributed by atoms with E-state index < -0.39 is 0 Å². The zero-order valence-corrected chi connectivity index (χ0v) is 14.6. The van der Waals surface area contributed by atoms with Crippen LogP contribution in [0.25, 0.3) is 17.0 Å². The van der Waals surface area contributed by atoms with Crippen molar-refractivity contribution in [2.24, 2.45) is 0 Å². The minimum absolute atomic E-state index is 0.0428. The van der Waals surface area contributed by atoms with Gasteiger partial charge in [0.05, 0.1) is 30.9 Å². The number of hydrogen-bond donors (Lipinski definition) is 1. The summed E-state index contributed by atoms with van der Waals surface area (Å²) in [6, 6.07) is 4.97. The molecule has 1 N–H and O–H groups in total. The summed E-state index contributed by atoms with van der Waals surface area (Å²) in [7, 11) is 0. The fourth-order valence-corrected chi connectivity index (χ4v) is 3.91. The van der Waals surface area contributed by atoms with Gasteiger partial charge < -0.3 is 19.2 Å². The number of pyridine rings is 1. The molecule has 1 atom stereocenters. The molecule has 0 radical (unpaired) electrons. The van der Waals surface area contributed by atoms with Gasteiger partial charge in [-0.1, -0.05) is 0 Å². The lowest BCUT2D eigenvalue weighted by Crippen LogP contribution is -2.13. The molecule has 3 aromatic heterocycles. The van der Waals surface area contributed by atoms with Crippen LogP contribution >= 0.6 is 0 Å². The summed E-state index contributed by atoms with van der Waals surface area (Å²) >= 11 is 0. The highest BCUT2D eigenvalue weighted by molar-refractivity contribution is 5.79. The lowest BCUT2D eigenvalue weighted by Gasteiger charge is -2.15. The van der Waals surface area contributed by atoms with Crippen LogP contribution in [-0.4, -0.2) is 32.8 Å². The predicted molar refractivity (Wildman–Crippen MR) is 95.9 cm³/mol. The summed E-state index contributed by atoms with van der Waals surface area (Å²) in [6.45, 7) is 1.12. The third kappa shape index (κ3) is 2.13. The van der Waals surface area contributed by atoms with Crippen LogP contribution < -0.4 is 14.8 Å². The quantitative estimate of drug-likeness (QED) is 0.544. The zero-order valence-electron chi connectivity index (χ0n) is 14.6. The second kappa shape index (κ2) is 5.69. The number of rotatable bonds is 1. The van der Waals surface area contributed by atoms with Gasteiger partial charge in [0.2, 0.25) is 0 Å². The van der Waals surface area contributed by atoms with E-state index in [0.29, 0.717) is 53.9 Å². The maximum atomic E-state index is 14.6. The maximum absolute atomic E-state index is 14.6. The van der Waals surface area contributed by atoms with E-state index in [1.54, 1.807) is 23.0 Å². The predicted octanol–water partition coefficient (Wildman–Crippen LogP) is 3.00. The fraction of sp³-hybridized carbons (Fsp3) is 0.211. The first kappa shape index (κ1) is 15.4. The minimum atomic E-state index is -0.261. The number of fused-ring (bicyclic) bond motifs is 3. The van der Waals surface area contributed by atoms with Crippen LogP contribution in [0, 0.1) is 5.82 Å². The number of aromatic nitrogens is 4. The van der Waals surface area contributed by atoms with Gasteiger partial charge in [-0.05, 0) is 18.2 Å². The molecule has 0 amide bonds. The second-order valence-electron chi connectivity index (χ2n) is 6.77. The monoisotopic (exact) mass is 379 g/mol. The van der Waals surface area contributed by atoms with Crippen molar-refractivity contribution in [3.05, 3.63) is 54.1 Å². The SMILES string of the molecule is Fc1ccc2c3c1CNc1c(cc(-c4cnco4)c4nncn14)OC[C@H]3CO2. The molecular weight excluding hydrogens is 365 g/mol. The lowest BCUT2D eigenvalue weighted by atomic mass is 9.96. The first-order valence-corrected chi connectivity index (χ1v) is 8.86. The van der Waals surface area contributed by atoms with Crippen LogP contribution in [0.3, 0.4) is 0 Å². The van der Waals surface area contributed by atoms with E-state index in [4.69, 9.17) is 13.9 Å². The first-order valence-electron chi connectivity index (χ1n) is 8.86. The van der Waals surface area contributed by atoms with Crippen molar-refractivity contribution in [3.63, 3.8) is 0 Å². The van der Waals surface area contributed by atoms with Crippen LogP contribution in [0.1, 0.15) is 17.0 Å². The van der Waals surface area contributed by atoms with Crippen LogP contribution in [0.4, 0.5) is 10.2 Å². The Morgan fingerprint density at radius 1 is 1.18 bits per heavy atom. The molecule has 1 aromatic carbocycles. The maximum Gasteiger partial charge on any atom is 0.181 e. The molecule has 6 rings (SSSR count). The molecule has 2 aliphatic rings. The number of nitrogens with zero attached hydrogens (tertiary/aromatic N) is 4. The van der Waals surface area contributed by atoms with Crippen LogP contribution in [0.15, 0.2) is 41.5 Å². The molecule has 8 nitrogen and oxygen atoms in total. The van der Waals surface area contributed by atoms with Crippen LogP contribution in [-0.2, 0) is 6.54 Å². The summed E-state index contributed by atoms with van der Waals surface area (Å²) in [5, 5.41) is 11.5. The molecule has 0 saturated carbocycles. The standard InChI is InChI=1S/C19H14FN5O3/c20-13-1-2-14-17-10(6-26-14)7-27-15-3-11(16-5-21-9-28-16)18-24-23-8-25(18)19(15)22-4-12(13)17/h1-3,5,8-10,22H,4,6-7H2/t10-/m1/s1. The van der Waals surface area contributed by atoms with Crippen LogP contribution in [0.2, 0.25) is 0 Å². The van der Waals surface area contributed by atoms with Gasteiger partial charge in [0.25, 0.3) is 0 Å². The first-order chi connectivity index (χ1) is 13.8. The van der Waals surface area contributed by atoms with E-state index >= 15 is 0 Å². The van der Waals surface area contributed by atoms with Gasteiger partial charge in [0.15, 0.2) is 29.4 Å². The van der Waals surface area contributed by atoms with Gasteiger partial charge in [-0.25, -0.2) is 9.37 Å². The molecular formula is C19H14FN5O3. The molecule has 140 valence electrons. The average Bonchev–Trinajstić information content (AvgIpc) is 3.45. The molecule has 0 unspecified atom stereocenters. The minimum Gasteiger partial charge on any atom is -0.493 e. The molecule has 2 aliphatic heterocycles.